The molecule has 2 atom stereocenters. The predicted molar refractivity (Wildman–Crippen MR) is 53.7 cm³/mol. The first kappa shape index (κ1) is 9.59. The second-order valence-electron chi connectivity index (χ2n) is 3.92. The van der Waals surface area contributed by atoms with Crippen LogP contribution in [0.4, 0.5) is 0 Å². The van der Waals surface area contributed by atoms with Crippen molar-refractivity contribution in [3.8, 4) is 0 Å². The number of hydrogen-bond donors (Lipinski definition) is 2. The molecule has 4 heteroatoms. The third kappa shape index (κ3) is 1.42. The molecule has 1 aromatic rings. The Morgan fingerprint density at radius 3 is 3.14 bits per heavy atom. The fraction of sp³-hybridized carbons (Fsp3) is 0.500. The molecule has 0 spiro atoms. The van der Waals surface area contributed by atoms with Crippen LogP contribution in [-0.4, -0.2) is 16.1 Å². The third-order valence-corrected chi connectivity index (χ3v) is 3.31. The van der Waals surface area contributed by atoms with E-state index in [9.17, 15) is 4.79 Å². The standard InChI is InChI=1S/C10H12ClNO2/c1-5-2-7-8(4-12-10(7)11)6(5)3-9(13)14/h4-6,12H,2-3H2,1H3,(H,13,14). The second kappa shape index (κ2) is 3.31. The number of aromatic amines is 1. The molecule has 1 aliphatic rings. The van der Waals surface area contributed by atoms with Crippen LogP contribution in [0.15, 0.2) is 6.20 Å². The molecule has 1 heterocycles. The van der Waals surface area contributed by atoms with Crippen LogP contribution < -0.4 is 0 Å². The monoisotopic (exact) mass is 213 g/mol. The zero-order chi connectivity index (χ0) is 10.3. The molecule has 2 unspecified atom stereocenters. The molecule has 0 radical (unpaired) electrons. The lowest BCUT2D eigenvalue weighted by Gasteiger charge is -2.12. The SMILES string of the molecule is CC1Cc2c(c[nH]c2Cl)C1CC(=O)O. The summed E-state index contributed by atoms with van der Waals surface area (Å²) in [7, 11) is 0. The maximum Gasteiger partial charge on any atom is 0.303 e. The van der Waals surface area contributed by atoms with E-state index in [0.717, 1.165) is 17.5 Å². The van der Waals surface area contributed by atoms with E-state index in [2.05, 4.69) is 11.9 Å². The van der Waals surface area contributed by atoms with Crippen molar-refractivity contribution in [2.75, 3.05) is 0 Å². The molecule has 2 rings (SSSR count). The first-order valence-electron chi connectivity index (χ1n) is 4.67. The van der Waals surface area contributed by atoms with Gasteiger partial charge in [-0.1, -0.05) is 18.5 Å². The molecule has 0 aliphatic heterocycles. The number of rotatable bonds is 2. The quantitative estimate of drug-likeness (QED) is 0.793. The number of carbonyl (C=O) groups is 1. The lowest BCUT2D eigenvalue weighted by Crippen LogP contribution is -2.09. The van der Waals surface area contributed by atoms with Gasteiger partial charge in [0.15, 0.2) is 0 Å². The fourth-order valence-electron chi connectivity index (χ4n) is 2.25. The van der Waals surface area contributed by atoms with Gasteiger partial charge in [0, 0.05) is 6.20 Å². The van der Waals surface area contributed by atoms with E-state index in [4.69, 9.17) is 16.7 Å². The summed E-state index contributed by atoms with van der Waals surface area (Å²) in [6.45, 7) is 2.07. The minimum atomic E-state index is -0.743. The van der Waals surface area contributed by atoms with E-state index in [0.29, 0.717) is 11.1 Å². The van der Waals surface area contributed by atoms with Crippen molar-refractivity contribution < 1.29 is 9.90 Å². The summed E-state index contributed by atoms with van der Waals surface area (Å²) in [5.74, 6) is -0.249. The summed E-state index contributed by atoms with van der Waals surface area (Å²) in [6, 6.07) is 0. The van der Waals surface area contributed by atoms with Crippen LogP contribution in [0.2, 0.25) is 5.15 Å². The normalized spacial score (nSPS) is 25.0. The molecule has 0 aromatic carbocycles. The molecule has 0 saturated carbocycles. The Bertz CT molecular complexity index is 372. The summed E-state index contributed by atoms with van der Waals surface area (Å²) in [5.41, 5.74) is 2.19. The number of carboxylic acid groups (broad SMARTS) is 1. The maximum absolute atomic E-state index is 10.7. The van der Waals surface area contributed by atoms with Crippen LogP contribution in [0.25, 0.3) is 0 Å². The fourth-order valence-corrected chi connectivity index (χ4v) is 2.49. The lowest BCUT2D eigenvalue weighted by molar-refractivity contribution is -0.137. The highest BCUT2D eigenvalue weighted by molar-refractivity contribution is 6.30. The average Bonchev–Trinajstić information content (AvgIpc) is 2.57. The molecule has 1 aromatic heterocycles. The zero-order valence-corrected chi connectivity index (χ0v) is 8.64. The number of H-pyrrole nitrogens is 1. The number of halogens is 1. The van der Waals surface area contributed by atoms with Crippen LogP contribution in [-0.2, 0) is 11.2 Å². The summed E-state index contributed by atoms with van der Waals surface area (Å²) < 4.78 is 0. The van der Waals surface area contributed by atoms with E-state index < -0.39 is 5.97 Å². The van der Waals surface area contributed by atoms with Crippen molar-refractivity contribution in [3.63, 3.8) is 0 Å². The van der Waals surface area contributed by atoms with Crippen LogP contribution in [0.5, 0.6) is 0 Å². The third-order valence-electron chi connectivity index (χ3n) is 2.97. The van der Waals surface area contributed by atoms with Gasteiger partial charge in [0.05, 0.1) is 6.42 Å². The Hall–Kier alpha value is -0.960. The molecular weight excluding hydrogens is 202 g/mol. The molecule has 14 heavy (non-hydrogen) atoms. The van der Waals surface area contributed by atoms with Crippen molar-refractivity contribution in [3.05, 3.63) is 22.5 Å². The van der Waals surface area contributed by atoms with Gasteiger partial charge < -0.3 is 10.1 Å². The molecule has 0 saturated heterocycles. The van der Waals surface area contributed by atoms with Crippen LogP contribution in [0.3, 0.4) is 0 Å². The molecule has 2 N–H and O–H groups in total. The smallest absolute Gasteiger partial charge is 0.303 e. The highest BCUT2D eigenvalue weighted by atomic mass is 35.5. The number of aromatic nitrogens is 1. The first-order valence-corrected chi connectivity index (χ1v) is 5.04. The summed E-state index contributed by atoms with van der Waals surface area (Å²) in [5, 5.41) is 9.45. The van der Waals surface area contributed by atoms with Crippen molar-refractivity contribution in [1.82, 2.24) is 4.98 Å². The summed E-state index contributed by atoms with van der Waals surface area (Å²) in [4.78, 5) is 13.6. The molecule has 0 bridgehead atoms. The highest BCUT2D eigenvalue weighted by Gasteiger charge is 2.33. The number of carboxylic acids is 1. The number of nitrogens with one attached hydrogen (secondary N) is 1. The average molecular weight is 214 g/mol. The summed E-state index contributed by atoms with van der Waals surface area (Å²) in [6.07, 6.45) is 2.92. The van der Waals surface area contributed by atoms with Crippen molar-refractivity contribution >= 4 is 17.6 Å². The van der Waals surface area contributed by atoms with Crippen LogP contribution in [0.1, 0.15) is 30.4 Å². The minimum absolute atomic E-state index is 0.117. The zero-order valence-electron chi connectivity index (χ0n) is 7.88. The van der Waals surface area contributed by atoms with Crippen molar-refractivity contribution in [2.24, 2.45) is 5.92 Å². The van der Waals surface area contributed by atoms with Gasteiger partial charge in [-0.2, -0.15) is 0 Å². The maximum atomic E-state index is 10.7. The van der Waals surface area contributed by atoms with Crippen LogP contribution >= 0.6 is 11.6 Å². The molecular formula is C10H12ClNO2. The van der Waals surface area contributed by atoms with Gasteiger partial charge in [-0.05, 0) is 29.4 Å². The van der Waals surface area contributed by atoms with Gasteiger partial charge in [0.25, 0.3) is 0 Å². The Kier molecular flexibility index (Phi) is 2.27. The van der Waals surface area contributed by atoms with E-state index in [1.54, 1.807) is 0 Å². The Labute approximate surface area is 87.1 Å². The second-order valence-corrected chi connectivity index (χ2v) is 4.30. The molecule has 76 valence electrons. The van der Waals surface area contributed by atoms with E-state index >= 15 is 0 Å². The largest absolute Gasteiger partial charge is 0.481 e. The van der Waals surface area contributed by atoms with Crippen molar-refractivity contribution in [2.45, 2.75) is 25.7 Å². The number of fused-ring (bicyclic) bond motifs is 1. The molecule has 0 fully saturated rings. The molecule has 0 amide bonds. The van der Waals surface area contributed by atoms with E-state index in [1.165, 1.54) is 0 Å². The Balaban J connectivity index is 2.30. The van der Waals surface area contributed by atoms with Gasteiger partial charge in [0.2, 0.25) is 0 Å². The Morgan fingerprint density at radius 1 is 1.79 bits per heavy atom. The predicted octanol–water partition coefficient (Wildman–Crippen LogP) is 2.42. The van der Waals surface area contributed by atoms with Gasteiger partial charge in [-0.15, -0.1) is 0 Å². The van der Waals surface area contributed by atoms with Crippen molar-refractivity contribution in [1.29, 1.82) is 0 Å². The van der Waals surface area contributed by atoms with Gasteiger partial charge >= 0.3 is 5.97 Å². The number of aliphatic carboxylic acids is 1. The molecule has 1 aliphatic carbocycles. The lowest BCUT2D eigenvalue weighted by atomic mass is 9.92. The highest BCUT2D eigenvalue weighted by Crippen LogP contribution is 2.42. The molecule has 3 nitrogen and oxygen atoms in total. The topological polar surface area (TPSA) is 53.1 Å². The minimum Gasteiger partial charge on any atom is -0.481 e. The van der Waals surface area contributed by atoms with Gasteiger partial charge in [-0.3, -0.25) is 4.79 Å². The van der Waals surface area contributed by atoms with Gasteiger partial charge in [0.1, 0.15) is 5.15 Å². The Morgan fingerprint density at radius 2 is 2.50 bits per heavy atom. The number of hydrogen-bond acceptors (Lipinski definition) is 1. The van der Waals surface area contributed by atoms with Gasteiger partial charge in [-0.25, -0.2) is 0 Å². The van der Waals surface area contributed by atoms with E-state index in [1.807, 2.05) is 6.20 Å². The van der Waals surface area contributed by atoms with E-state index in [-0.39, 0.29) is 12.3 Å². The summed E-state index contributed by atoms with van der Waals surface area (Å²) >= 11 is 5.95. The first-order chi connectivity index (χ1) is 6.59. The van der Waals surface area contributed by atoms with Crippen LogP contribution in [0, 0.1) is 5.92 Å².